The molecule has 0 aliphatic heterocycles. The highest BCUT2D eigenvalue weighted by atomic mass is 16.6. The number of rotatable bonds is 6. The summed E-state index contributed by atoms with van der Waals surface area (Å²) in [4.78, 5) is 23.3. The third kappa shape index (κ3) is 4.20. The minimum absolute atomic E-state index is 0.0342. The van der Waals surface area contributed by atoms with Gasteiger partial charge >= 0.3 is 0 Å². The molecule has 3 aromatic carbocycles. The Balaban J connectivity index is 1.89. The van der Waals surface area contributed by atoms with Gasteiger partial charge in [-0.3, -0.25) is 14.9 Å². The second-order valence-electron chi connectivity index (χ2n) is 6.38. The van der Waals surface area contributed by atoms with Crippen molar-refractivity contribution >= 4 is 17.3 Å². The Bertz CT molecular complexity index is 993. The number of aliphatic hydroxyl groups is 1. The third-order valence-corrected chi connectivity index (χ3v) is 4.53. The summed E-state index contributed by atoms with van der Waals surface area (Å²) in [5.41, 5.74) is 2.33. The lowest BCUT2D eigenvalue weighted by Gasteiger charge is -2.27. The Kier molecular flexibility index (Phi) is 5.80. The molecule has 0 spiro atoms. The lowest BCUT2D eigenvalue weighted by atomic mass is 9.85. The SMILES string of the molecule is CC(=NNC(=O)C(O)(c1ccccc1)c1ccccc1)c1ccc([N+](=O)[O-])cc1. The number of nitro benzene ring substituents is 1. The van der Waals surface area contributed by atoms with Gasteiger partial charge in [0.05, 0.1) is 10.6 Å². The number of amides is 1. The van der Waals surface area contributed by atoms with E-state index in [1.54, 1.807) is 79.7 Å². The van der Waals surface area contributed by atoms with Crippen LogP contribution >= 0.6 is 0 Å². The molecule has 7 heteroatoms. The maximum absolute atomic E-state index is 13.0. The van der Waals surface area contributed by atoms with Crippen LogP contribution in [0.25, 0.3) is 0 Å². The van der Waals surface area contributed by atoms with Crippen LogP contribution in [0.1, 0.15) is 23.6 Å². The first-order chi connectivity index (χ1) is 13.9. The molecule has 0 unspecified atom stereocenters. The Labute approximate surface area is 167 Å². The summed E-state index contributed by atoms with van der Waals surface area (Å²) < 4.78 is 0. The van der Waals surface area contributed by atoms with Crippen LogP contribution in [0, 0.1) is 10.1 Å². The van der Waals surface area contributed by atoms with Crippen LogP contribution in [0.5, 0.6) is 0 Å². The Morgan fingerprint density at radius 3 is 1.86 bits per heavy atom. The van der Waals surface area contributed by atoms with E-state index in [-0.39, 0.29) is 5.69 Å². The molecule has 0 saturated heterocycles. The van der Waals surface area contributed by atoms with Crippen LogP contribution in [-0.4, -0.2) is 21.6 Å². The predicted octanol–water partition coefficient (Wildman–Crippen LogP) is 3.37. The van der Waals surface area contributed by atoms with E-state index in [1.807, 2.05) is 0 Å². The van der Waals surface area contributed by atoms with E-state index >= 15 is 0 Å². The minimum atomic E-state index is -1.93. The third-order valence-electron chi connectivity index (χ3n) is 4.53. The zero-order valence-electron chi connectivity index (χ0n) is 15.6. The lowest BCUT2D eigenvalue weighted by Crippen LogP contribution is -2.43. The summed E-state index contributed by atoms with van der Waals surface area (Å²) in [7, 11) is 0. The van der Waals surface area contributed by atoms with E-state index in [1.165, 1.54) is 12.1 Å². The van der Waals surface area contributed by atoms with Crippen LogP contribution in [0.3, 0.4) is 0 Å². The average Bonchev–Trinajstić information content (AvgIpc) is 2.77. The number of non-ortho nitro benzene ring substituents is 1. The monoisotopic (exact) mass is 389 g/mol. The molecular weight excluding hydrogens is 370 g/mol. The van der Waals surface area contributed by atoms with E-state index < -0.39 is 16.4 Å². The predicted molar refractivity (Wildman–Crippen MR) is 109 cm³/mol. The average molecular weight is 389 g/mol. The fraction of sp³-hybridized carbons (Fsp3) is 0.0909. The molecule has 0 heterocycles. The van der Waals surface area contributed by atoms with Crippen molar-refractivity contribution in [2.75, 3.05) is 0 Å². The van der Waals surface area contributed by atoms with E-state index in [9.17, 15) is 20.0 Å². The normalized spacial score (nSPS) is 11.7. The summed E-state index contributed by atoms with van der Waals surface area (Å²) >= 11 is 0. The molecule has 0 atom stereocenters. The Hall–Kier alpha value is -3.84. The van der Waals surface area contributed by atoms with Gasteiger partial charge < -0.3 is 5.11 Å². The molecule has 146 valence electrons. The molecule has 0 aliphatic rings. The molecule has 0 fully saturated rings. The highest BCUT2D eigenvalue weighted by Gasteiger charge is 2.39. The first kappa shape index (κ1) is 19.9. The van der Waals surface area contributed by atoms with Crippen molar-refractivity contribution in [1.82, 2.24) is 5.43 Å². The number of nitrogens with one attached hydrogen (secondary N) is 1. The quantitative estimate of drug-likeness (QED) is 0.383. The van der Waals surface area contributed by atoms with Gasteiger partial charge in [0.1, 0.15) is 0 Å². The zero-order chi connectivity index (χ0) is 20.9. The maximum atomic E-state index is 13.0. The van der Waals surface area contributed by atoms with E-state index in [0.29, 0.717) is 22.4 Å². The lowest BCUT2D eigenvalue weighted by molar-refractivity contribution is -0.384. The molecule has 3 rings (SSSR count). The first-order valence-electron chi connectivity index (χ1n) is 8.86. The van der Waals surface area contributed by atoms with Crippen LogP contribution in [0.15, 0.2) is 90.0 Å². The second kappa shape index (κ2) is 8.45. The number of hydrogen-bond donors (Lipinski definition) is 2. The number of carbonyl (C=O) groups is 1. The smallest absolute Gasteiger partial charge is 0.281 e. The Morgan fingerprint density at radius 2 is 1.41 bits per heavy atom. The fourth-order valence-electron chi connectivity index (χ4n) is 2.89. The minimum Gasteiger partial charge on any atom is -0.372 e. The van der Waals surface area contributed by atoms with Crippen LogP contribution in [0.4, 0.5) is 5.69 Å². The van der Waals surface area contributed by atoms with Crippen LogP contribution in [0.2, 0.25) is 0 Å². The fourth-order valence-corrected chi connectivity index (χ4v) is 2.89. The summed E-state index contributed by atoms with van der Waals surface area (Å²) in [6, 6.07) is 23.0. The number of hydrogen-bond acceptors (Lipinski definition) is 5. The molecule has 0 aromatic heterocycles. The number of benzene rings is 3. The summed E-state index contributed by atoms with van der Waals surface area (Å²) in [5, 5.41) is 26.2. The topological polar surface area (TPSA) is 105 Å². The number of nitrogens with zero attached hydrogens (tertiary/aromatic N) is 2. The van der Waals surface area contributed by atoms with Gasteiger partial charge in [0.25, 0.3) is 11.6 Å². The van der Waals surface area contributed by atoms with Gasteiger partial charge in [0, 0.05) is 12.1 Å². The van der Waals surface area contributed by atoms with Gasteiger partial charge in [0.2, 0.25) is 0 Å². The molecule has 7 nitrogen and oxygen atoms in total. The van der Waals surface area contributed by atoms with Crippen molar-refractivity contribution in [2.24, 2.45) is 5.10 Å². The van der Waals surface area contributed by atoms with Crippen molar-refractivity contribution in [2.45, 2.75) is 12.5 Å². The van der Waals surface area contributed by atoms with Gasteiger partial charge in [-0.25, -0.2) is 5.43 Å². The van der Waals surface area contributed by atoms with Crippen LogP contribution < -0.4 is 5.43 Å². The van der Waals surface area contributed by atoms with Gasteiger partial charge in [-0.1, -0.05) is 60.7 Å². The van der Waals surface area contributed by atoms with Crippen molar-refractivity contribution in [1.29, 1.82) is 0 Å². The molecule has 0 radical (unpaired) electrons. The summed E-state index contributed by atoms with van der Waals surface area (Å²) in [6.45, 7) is 1.66. The highest BCUT2D eigenvalue weighted by Crippen LogP contribution is 2.29. The maximum Gasteiger partial charge on any atom is 0.281 e. The van der Waals surface area contributed by atoms with Gasteiger partial charge in [-0.05, 0) is 35.7 Å². The van der Waals surface area contributed by atoms with E-state index in [0.717, 1.165) is 0 Å². The number of hydrazone groups is 1. The van der Waals surface area contributed by atoms with Crippen LogP contribution in [-0.2, 0) is 10.4 Å². The molecular formula is C22H19N3O4. The first-order valence-corrected chi connectivity index (χ1v) is 8.86. The van der Waals surface area contributed by atoms with E-state index in [4.69, 9.17) is 0 Å². The molecule has 2 N–H and O–H groups in total. The number of carbonyl (C=O) groups excluding carboxylic acids is 1. The molecule has 29 heavy (non-hydrogen) atoms. The number of nitro groups is 1. The molecule has 0 bridgehead atoms. The molecule has 0 saturated carbocycles. The zero-order valence-corrected chi connectivity index (χ0v) is 15.6. The van der Waals surface area contributed by atoms with Crippen molar-refractivity contribution < 1.29 is 14.8 Å². The Morgan fingerprint density at radius 1 is 0.931 bits per heavy atom. The van der Waals surface area contributed by atoms with Crippen molar-refractivity contribution in [3.63, 3.8) is 0 Å². The summed E-state index contributed by atoms with van der Waals surface area (Å²) in [6.07, 6.45) is 0. The van der Waals surface area contributed by atoms with E-state index in [2.05, 4.69) is 10.5 Å². The summed E-state index contributed by atoms with van der Waals surface area (Å²) in [5.74, 6) is -0.712. The standard InChI is InChI=1S/C22H19N3O4/c1-16(17-12-14-20(15-13-17)25(28)29)23-24-21(26)22(27,18-8-4-2-5-9-18)19-10-6-3-7-11-19/h2-15,27H,1H3,(H,24,26). The molecule has 3 aromatic rings. The molecule has 0 aliphatic carbocycles. The van der Waals surface area contributed by atoms with Gasteiger partial charge in [-0.15, -0.1) is 0 Å². The largest absolute Gasteiger partial charge is 0.372 e. The highest BCUT2D eigenvalue weighted by molar-refractivity contribution is 6.00. The van der Waals surface area contributed by atoms with Crippen molar-refractivity contribution in [3.05, 3.63) is 112 Å². The van der Waals surface area contributed by atoms with Gasteiger partial charge in [-0.2, -0.15) is 5.10 Å². The molecule has 1 amide bonds. The van der Waals surface area contributed by atoms with Crippen molar-refractivity contribution in [3.8, 4) is 0 Å². The second-order valence-corrected chi connectivity index (χ2v) is 6.38. The van der Waals surface area contributed by atoms with Gasteiger partial charge in [0.15, 0.2) is 5.60 Å².